The van der Waals surface area contributed by atoms with Gasteiger partial charge in [0, 0.05) is 23.9 Å². The number of ether oxygens (including phenoxy) is 2. The van der Waals surface area contributed by atoms with Crippen molar-refractivity contribution in [3.05, 3.63) is 48.0 Å². The van der Waals surface area contributed by atoms with Crippen molar-refractivity contribution in [2.75, 3.05) is 31.6 Å². The number of amides is 1. The largest absolute Gasteiger partial charge is 0.486 e. The van der Waals surface area contributed by atoms with E-state index in [-0.39, 0.29) is 23.8 Å². The summed E-state index contributed by atoms with van der Waals surface area (Å²) in [4.78, 5) is 23.8. The van der Waals surface area contributed by atoms with Crippen LogP contribution in [0.4, 0.5) is 5.69 Å². The van der Waals surface area contributed by atoms with Crippen LogP contribution in [0.2, 0.25) is 0 Å². The lowest BCUT2D eigenvalue weighted by molar-refractivity contribution is -0.116. The normalized spacial score (nSPS) is 13.2. The first-order valence-corrected chi connectivity index (χ1v) is 10.6. The number of nitrogens with zero attached hydrogens (tertiary/aromatic N) is 1. The Morgan fingerprint density at radius 3 is 2.31 bits per heavy atom. The molecule has 29 heavy (non-hydrogen) atoms. The van der Waals surface area contributed by atoms with Crippen LogP contribution in [0.1, 0.15) is 24.2 Å². The first-order valence-electron chi connectivity index (χ1n) is 9.12. The van der Waals surface area contributed by atoms with Gasteiger partial charge in [-0.1, -0.05) is 19.1 Å². The van der Waals surface area contributed by atoms with E-state index in [2.05, 4.69) is 5.32 Å². The van der Waals surface area contributed by atoms with Gasteiger partial charge in [-0.25, -0.2) is 8.42 Å². The van der Waals surface area contributed by atoms with E-state index in [9.17, 15) is 18.0 Å². The molecular weight excluding hydrogens is 396 g/mol. The van der Waals surface area contributed by atoms with Gasteiger partial charge in [0.2, 0.25) is 15.9 Å². The Labute approximate surface area is 169 Å². The first kappa shape index (κ1) is 20.8. The maximum atomic E-state index is 12.8. The Kier molecular flexibility index (Phi) is 6.19. The zero-order valence-corrected chi connectivity index (χ0v) is 17.0. The number of likely N-dealkylation sites (N-methyl/N-ethyl adjacent to an activating group) is 1. The average Bonchev–Trinajstić information content (AvgIpc) is 2.71. The number of Topliss-reactive ketones (excluding diaryl/α,β-unsaturated/α-hetero) is 1. The lowest BCUT2D eigenvalue weighted by Gasteiger charge is -2.21. The SMILES string of the molecule is CCN(CC(=O)Nc1ccc2c(c1)OCCO2)S(=O)(=O)c1ccc(C(C)=O)cc1. The predicted octanol–water partition coefficient (Wildman–Crippen LogP) is 2.31. The number of carbonyl (C=O) groups is 2. The van der Waals surface area contributed by atoms with E-state index in [0.717, 1.165) is 4.31 Å². The van der Waals surface area contributed by atoms with Crippen molar-refractivity contribution in [1.82, 2.24) is 4.31 Å². The van der Waals surface area contributed by atoms with Crippen LogP contribution in [-0.4, -0.2) is 50.7 Å². The monoisotopic (exact) mass is 418 g/mol. The van der Waals surface area contributed by atoms with Crippen molar-refractivity contribution in [1.29, 1.82) is 0 Å². The molecule has 1 aliphatic heterocycles. The van der Waals surface area contributed by atoms with Gasteiger partial charge < -0.3 is 14.8 Å². The molecule has 2 aromatic carbocycles. The molecule has 2 aromatic rings. The fourth-order valence-corrected chi connectivity index (χ4v) is 4.26. The molecule has 3 rings (SSSR count). The number of sulfonamides is 1. The lowest BCUT2D eigenvalue weighted by Crippen LogP contribution is -2.37. The molecule has 0 aromatic heterocycles. The molecule has 1 amide bonds. The summed E-state index contributed by atoms with van der Waals surface area (Å²) in [6.45, 7) is 3.72. The molecule has 0 unspecified atom stereocenters. The summed E-state index contributed by atoms with van der Waals surface area (Å²) in [5.74, 6) is 0.494. The van der Waals surface area contributed by atoms with Crippen molar-refractivity contribution < 1.29 is 27.5 Å². The summed E-state index contributed by atoms with van der Waals surface area (Å²) in [7, 11) is -3.88. The number of ketones is 1. The number of fused-ring (bicyclic) bond motifs is 1. The fraction of sp³-hybridized carbons (Fsp3) is 0.300. The number of hydrogen-bond acceptors (Lipinski definition) is 6. The molecular formula is C20H22N2O6S. The van der Waals surface area contributed by atoms with Gasteiger partial charge in [-0.3, -0.25) is 9.59 Å². The highest BCUT2D eigenvalue weighted by Gasteiger charge is 2.25. The lowest BCUT2D eigenvalue weighted by atomic mass is 10.2. The predicted molar refractivity (Wildman–Crippen MR) is 107 cm³/mol. The topological polar surface area (TPSA) is 102 Å². The molecule has 0 atom stereocenters. The maximum Gasteiger partial charge on any atom is 0.243 e. The third kappa shape index (κ3) is 4.75. The maximum absolute atomic E-state index is 12.8. The van der Waals surface area contributed by atoms with E-state index in [4.69, 9.17) is 9.47 Å². The van der Waals surface area contributed by atoms with Crippen LogP contribution in [0.3, 0.4) is 0 Å². The Morgan fingerprint density at radius 1 is 1.03 bits per heavy atom. The van der Waals surface area contributed by atoms with Gasteiger partial charge >= 0.3 is 0 Å². The van der Waals surface area contributed by atoms with Gasteiger partial charge in [0.05, 0.1) is 11.4 Å². The minimum absolute atomic E-state index is 0.0245. The molecule has 0 fully saturated rings. The summed E-state index contributed by atoms with van der Waals surface area (Å²) in [5.41, 5.74) is 0.905. The van der Waals surface area contributed by atoms with Crippen LogP contribution in [-0.2, 0) is 14.8 Å². The smallest absolute Gasteiger partial charge is 0.243 e. The van der Waals surface area contributed by atoms with E-state index >= 15 is 0 Å². The highest BCUT2D eigenvalue weighted by Crippen LogP contribution is 2.32. The van der Waals surface area contributed by atoms with Gasteiger partial charge in [0.1, 0.15) is 13.2 Å². The third-order valence-electron chi connectivity index (χ3n) is 4.40. The highest BCUT2D eigenvalue weighted by atomic mass is 32.2. The van der Waals surface area contributed by atoms with Gasteiger partial charge in [-0.15, -0.1) is 0 Å². The number of carbonyl (C=O) groups excluding carboxylic acids is 2. The van der Waals surface area contributed by atoms with Gasteiger partial charge in [-0.05, 0) is 31.2 Å². The Morgan fingerprint density at radius 2 is 1.69 bits per heavy atom. The molecule has 1 N–H and O–H groups in total. The molecule has 9 heteroatoms. The minimum Gasteiger partial charge on any atom is -0.486 e. The van der Waals surface area contributed by atoms with Gasteiger partial charge in [-0.2, -0.15) is 4.31 Å². The molecule has 0 saturated carbocycles. The van der Waals surface area contributed by atoms with Crippen molar-refractivity contribution in [2.45, 2.75) is 18.7 Å². The molecule has 154 valence electrons. The highest BCUT2D eigenvalue weighted by molar-refractivity contribution is 7.89. The van der Waals surface area contributed by atoms with Crippen molar-refractivity contribution in [3.63, 3.8) is 0 Å². The molecule has 0 bridgehead atoms. The summed E-state index contributed by atoms with van der Waals surface area (Å²) >= 11 is 0. The number of anilines is 1. The average molecular weight is 418 g/mol. The molecule has 0 radical (unpaired) electrons. The van der Waals surface area contributed by atoms with Crippen LogP contribution in [0.25, 0.3) is 0 Å². The minimum atomic E-state index is -3.88. The summed E-state index contributed by atoms with van der Waals surface area (Å²) < 4.78 is 37.7. The summed E-state index contributed by atoms with van der Waals surface area (Å²) in [6.07, 6.45) is 0. The molecule has 0 spiro atoms. The van der Waals surface area contributed by atoms with Crippen LogP contribution in [0.15, 0.2) is 47.4 Å². The zero-order valence-electron chi connectivity index (χ0n) is 16.2. The van der Waals surface area contributed by atoms with E-state index in [0.29, 0.717) is 36.0 Å². The molecule has 0 saturated heterocycles. The van der Waals surface area contributed by atoms with E-state index in [1.807, 2.05) is 0 Å². The Balaban J connectivity index is 1.71. The van der Waals surface area contributed by atoms with Crippen molar-refractivity contribution in [3.8, 4) is 11.5 Å². The quantitative estimate of drug-likeness (QED) is 0.693. The van der Waals surface area contributed by atoms with Gasteiger partial charge in [0.25, 0.3) is 0 Å². The number of benzene rings is 2. The zero-order chi connectivity index (χ0) is 21.0. The summed E-state index contributed by atoms with van der Waals surface area (Å²) in [6, 6.07) is 10.6. The molecule has 8 nitrogen and oxygen atoms in total. The molecule has 1 heterocycles. The first-order chi connectivity index (χ1) is 13.8. The Hall–Kier alpha value is -2.91. The van der Waals surface area contributed by atoms with Gasteiger partial charge in [0.15, 0.2) is 17.3 Å². The van der Waals surface area contributed by atoms with Crippen molar-refractivity contribution >= 4 is 27.4 Å². The second-order valence-corrected chi connectivity index (χ2v) is 8.36. The van der Waals surface area contributed by atoms with Crippen molar-refractivity contribution in [2.24, 2.45) is 0 Å². The summed E-state index contributed by atoms with van der Waals surface area (Å²) in [5, 5.41) is 2.68. The molecule has 1 aliphatic rings. The molecule has 0 aliphatic carbocycles. The van der Waals surface area contributed by atoms with Crippen LogP contribution in [0.5, 0.6) is 11.5 Å². The van der Waals surface area contributed by atoms with E-state index in [1.165, 1.54) is 31.2 Å². The van der Waals surface area contributed by atoms with Crippen LogP contribution in [0, 0.1) is 0 Å². The third-order valence-corrected chi connectivity index (χ3v) is 6.33. The number of nitrogens with one attached hydrogen (secondary N) is 1. The second kappa shape index (κ2) is 8.62. The number of hydrogen-bond donors (Lipinski definition) is 1. The Bertz CT molecular complexity index is 1020. The number of rotatable bonds is 7. The fourth-order valence-electron chi connectivity index (χ4n) is 2.86. The van der Waals surface area contributed by atoms with Crippen LogP contribution < -0.4 is 14.8 Å². The van der Waals surface area contributed by atoms with Crippen LogP contribution >= 0.6 is 0 Å². The van der Waals surface area contributed by atoms with E-state index < -0.39 is 15.9 Å². The second-order valence-electron chi connectivity index (χ2n) is 6.42. The standard InChI is InChI=1S/C20H22N2O6S/c1-3-22(29(25,26)17-7-4-15(5-8-17)14(2)23)13-20(24)21-16-6-9-18-19(12-16)28-11-10-27-18/h4-9,12H,3,10-11,13H2,1-2H3,(H,21,24). The van der Waals surface area contributed by atoms with E-state index in [1.54, 1.807) is 25.1 Å².